The number of carbonyl (C=O) groups excluding carboxylic acids is 1. The van der Waals surface area contributed by atoms with E-state index in [-0.39, 0.29) is 0 Å². The summed E-state index contributed by atoms with van der Waals surface area (Å²) in [5.41, 5.74) is 0. The van der Waals surface area contributed by atoms with Crippen LogP contribution in [0, 0.1) is 5.92 Å². The highest BCUT2D eigenvalue weighted by Crippen LogP contribution is 2.15. The number of carbonyl (C=O) groups is 1. The average molecular weight is 169 g/mol. The molecule has 12 heavy (non-hydrogen) atoms. The third-order valence-electron chi connectivity index (χ3n) is 2.57. The second kappa shape index (κ2) is 5.31. The van der Waals surface area contributed by atoms with Crippen molar-refractivity contribution in [3.63, 3.8) is 0 Å². The van der Waals surface area contributed by atoms with Gasteiger partial charge in [0.05, 0.1) is 0 Å². The van der Waals surface area contributed by atoms with E-state index in [1.807, 2.05) is 0 Å². The fraction of sp³-hybridized carbons (Fsp3) is 0.900. The molecular weight excluding hydrogens is 150 g/mol. The summed E-state index contributed by atoms with van der Waals surface area (Å²) in [6.45, 7) is 4.20. The van der Waals surface area contributed by atoms with Crippen LogP contribution in [0.2, 0.25) is 0 Å². The van der Waals surface area contributed by atoms with Gasteiger partial charge in [-0.05, 0) is 32.4 Å². The molecule has 0 atom stereocenters. The Balaban J connectivity index is 2.20. The zero-order valence-corrected chi connectivity index (χ0v) is 7.94. The normalized spacial score (nSPS) is 19.4. The second-order valence-electron chi connectivity index (χ2n) is 3.59. The van der Waals surface area contributed by atoms with E-state index < -0.39 is 0 Å². The lowest BCUT2D eigenvalue weighted by molar-refractivity contribution is -0.123. The van der Waals surface area contributed by atoms with Crippen LogP contribution in [-0.4, -0.2) is 18.9 Å². The van der Waals surface area contributed by atoms with E-state index in [1.165, 1.54) is 0 Å². The van der Waals surface area contributed by atoms with Crippen molar-refractivity contribution in [3.05, 3.63) is 0 Å². The number of unbranched alkanes of at least 4 members (excludes halogenated alkanes) is 1. The summed E-state index contributed by atoms with van der Waals surface area (Å²) in [4.78, 5) is 11.5. The van der Waals surface area contributed by atoms with Gasteiger partial charge < -0.3 is 5.32 Å². The van der Waals surface area contributed by atoms with Gasteiger partial charge in [0.25, 0.3) is 0 Å². The Morgan fingerprint density at radius 1 is 1.42 bits per heavy atom. The maximum Gasteiger partial charge on any atom is 0.136 e. The maximum atomic E-state index is 11.5. The number of piperidine rings is 1. The minimum atomic E-state index is 0.373. The number of rotatable bonds is 4. The van der Waals surface area contributed by atoms with Crippen LogP contribution in [0.3, 0.4) is 0 Å². The van der Waals surface area contributed by atoms with Gasteiger partial charge in [0.15, 0.2) is 0 Å². The Bertz CT molecular complexity index is 139. The van der Waals surface area contributed by atoms with Gasteiger partial charge in [-0.25, -0.2) is 0 Å². The Labute approximate surface area is 74.7 Å². The molecule has 1 aliphatic rings. The first kappa shape index (κ1) is 9.72. The van der Waals surface area contributed by atoms with E-state index in [0.717, 1.165) is 45.2 Å². The smallest absolute Gasteiger partial charge is 0.136 e. The topological polar surface area (TPSA) is 29.1 Å². The van der Waals surface area contributed by atoms with E-state index in [9.17, 15) is 4.79 Å². The van der Waals surface area contributed by atoms with Crippen LogP contribution in [0.15, 0.2) is 0 Å². The third kappa shape index (κ3) is 2.94. The van der Waals surface area contributed by atoms with Crippen LogP contribution in [-0.2, 0) is 4.79 Å². The highest BCUT2D eigenvalue weighted by Gasteiger charge is 2.19. The molecule has 1 N–H and O–H groups in total. The van der Waals surface area contributed by atoms with Gasteiger partial charge in [-0.2, -0.15) is 0 Å². The summed E-state index contributed by atoms with van der Waals surface area (Å²) >= 11 is 0. The van der Waals surface area contributed by atoms with Gasteiger partial charge in [0.1, 0.15) is 5.78 Å². The van der Waals surface area contributed by atoms with Gasteiger partial charge in [-0.1, -0.05) is 13.3 Å². The van der Waals surface area contributed by atoms with Gasteiger partial charge >= 0.3 is 0 Å². The second-order valence-corrected chi connectivity index (χ2v) is 3.59. The first-order chi connectivity index (χ1) is 5.84. The Hall–Kier alpha value is -0.370. The van der Waals surface area contributed by atoms with Gasteiger partial charge in [0, 0.05) is 12.3 Å². The molecule has 0 aromatic heterocycles. The quantitative estimate of drug-likeness (QED) is 0.694. The summed E-state index contributed by atoms with van der Waals surface area (Å²) in [5, 5.41) is 3.27. The molecule has 2 heteroatoms. The number of nitrogens with one attached hydrogen (secondary N) is 1. The highest BCUT2D eigenvalue weighted by molar-refractivity contribution is 5.81. The number of ketones is 1. The molecular formula is C10H19NO. The van der Waals surface area contributed by atoms with Crippen molar-refractivity contribution in [2.75, 3.05) is 13.1 Å². The summed E-state index contributed by atoms with van der Waals surface area (Å²) in [5.74, 6) is 0.871. The first-order valence-electron chi connectivity index (χ1n) is 5.08. The van der Waals surface area contributed by atoms with Crippen molar-refractivity contribution in [2.24, 2.45) is 5.92 Å². The monoisotopic (exact) mass is 169 g/mol. The van der Waals surface area contributed by atoms with Crippen molar-refractivity contribution in [1.82, 2.24) is 5.32 Å². The summed E-state index contributed by atoms with van der Waals surface area (Å²) < 4.78 is 0. The van der Waals surface area contributed by atoms with E-state index in [2.05, 4.69) is 12.2 Å². The van der Waals surface area contributed by atoms with Crippen molar-refractivity contribution in [2.45, 2.75) is 39.0 Å². The molecule has 1 heterocycles. The predicted molar refractivity (Wildman–Crippen MR) is 50.1 cm³/mol. The van der Waals surface area contributed by atoms with E-state index in [0.29, 0.717) is 11.7 Å². The zero-order valence-electron chi connectivity index (χ0n) is 7.94. The predicted octanol–water partition coefficient (Wildman–Crippen LogP) is 1.75. The van der Waals surface area contributed by atoms with Crippen LogP contribution < -0.4 is 5.32 Å². The number of hydrogen-bond acceptors (Lipinski definition) is 2. The zero-order chi connectivity index (χ0) is 8.81. The van der Waals surface area contributed by atoms with Crippen LogP contribution >= 0.6 is 0 Å². The van der Waals surface area contributed by atoms with E-state index >= 15 is 0 Å². The molecule has 0 aliphatic carbocycles. The van der Waals surface area contributed by atoms with E-state index in [4.69, 9.17) is 0 Å². The largest absolute Gasteiger partial charge is 0.317 e. The standard InChI is InChI=1S/C10H19NO/c1-2-3-4-10(12)9-5-7-11-8-6-9/h9,11H,2-8H2,1H3. The van der Waals surface area contributed by atoms with Crippen molar-refractivity contribution >= 4 is 5.78 Å². The minimum Gasteiger partial charge on any atom is -0.317 e. The number of hydrogen-bond donors (Lipinski definition) is 1. The molecule has 0 aromatic rings. The van der Waals surface area contributed by atoms with Crippen LogP contribution in [0.1, 0.15) is 39.0 Å². The Kier molecular flexibility index (Phi) is 4.30. The lowest BCUT2D eigenvalue weighted by atomic mass is 9.91. The molecule has 0 aromatic carbocycles. The fourth-order valence-corrected chi connectivity index (χ4v) is 1.70. The van der Waals surface area contributed by atoms with Crippen LogP contribution in [0.25, 0.3) is 0 Å². The molecule has 1 rings (SSSR count). The van der Waals surface area contributed by atoms with Crippen molar-refractivity contribution in [3.8, 4) is 0 Å². The molecule has 0 amide bonds. The molecule has 0 radical (unpaired) electrons. The molecule has 1 fully saturated rings. The lowest BCUT2D eigenvalue weighted by Crippen LogP contribution is -2.31. The third-order valence-corrected chi connectivity index (χ3v) is 2.57. The lowest BCUT2D eigenvalue weighted by Gasteiger charge is -2.21. The van der Waals surface area contributed by atoms with Gasteiger partial charge in [-0.15, -0.1) is 0 Å². The molecule has 2 nitrogen and oxygen atoms in total. The molecule has 70 valence electrons. The number of Topliss-reactive ketones (excluding diaryl/α,β-unsaturated/α-hetero) is 1. The van der Waals surface area contributed by atoms with Crippen LogP contribution in [0.5, 0.6) is 0 Å². The summed E-state index contributed by atoms with van der Waals surface area (Å²) in [6.07, 6.45) is 5.13. The van der Waals surface area contributed by atoms with Gasteiger partial charge in [0.2, 0.25) is 0 Å². The van der Waals surface area contributed by atoms with Crippen LogP contribution in [0.4, 0.5) is 0 Å². The molecule has 1 aliphatic heterocycles. The van der Waals surface area contributed by atoms with Crippen molar-refractivity contribution in [1.29, 1.82) is 0 Å². The highest BCUT2D eigenvalue weighted by atomic mass is 16.1. The summed E-state index contributed by atoms with van der Waals surface area (Å²) in [7, 11) is 0. The SMILES string of the molecule is CCCCC(=O)C1CCNCC1. The first-order valence-corrected chi connectivity index (χ1v) is 5.08. The summed E-state index contributed by atoms with van der Waals surface area (Å²) in [6, 6.07) is 0. The van der Waals surface area contributed by atoms with Crippen molar-refractivity contribution < 1.29 is 4.79 Å². The maximum absolute atomic E-state index is 11.5. The Morgan fingerprint density at radius 2 is 2.08 bits per heavy atom. The average Bonchev–Trinajstić information content (AvgIpc) is 2.15. The molecule has 0 bridgehead atoms. The van der Waals surface area contributed by atoms with E-state index in [1.54, 1.807) is 0 Å². The van der Waals surface area contributed by atoms with Gasteiger partial charge in [-0.3, -0.25) is 4.79 Å². The molecule has 0 spiro atoms. The Morgan fingerprint density at radius 3 is 2.67 bits per heavy atom. The molecule has 0 unspecified atom stereocenters. The minimum absolute atomic E-state index is 0.373. The molecule has 0 saturated carbocycles. The fourth-order valence-electron chi connectivity index (χ4n) is 1.70. The molecule has 1 saturated heterocycles.